The maximum absolute atomic E-state index is 12.2. The number of nitrogens with zero attached hydrogens (tertiary/aromatic N) is 1. The van der Waals surface area contributed by atoms with Gasteiger partial charge in [0, 0.05) is 24.7 Å². The minimum atomic E-state index is -4.19. The highest BCUT2D eigenvalue weighted by Gasteiger charge is 2.26. The molecule has 0 unspecified atom stereocenters. The Labute approximate surface area is 169 Å². The molecule has 0 saturated heterocycles. The van der Waals surface area contributed by atoms with Gasteiger partial charge >= 0.3 is 6.18 Å². The van der Waals surface area contributed by atoms with Crippen LogP contribution in [0.1, 0.15) is 32.8 Å². The molecule has 1 rings (SSSR count). The SMILES string of the molecule is CCNC(=NCc1ccc(NC(=O)C(C)C)cc1)NCCC(F)(F)F.I. The molecule has 0 fully saturated rings. The zero-order chi connectivity index (χ0) is 18.9. The lowest BCUT2D eigenvalue weighted by molar-refractivity contribution is -0.132. The van der Waals surface area contributed by atoms with Crippen LogP contribution in [0.3, 0.4) is 0 Å². The molecular weight excluding hydrogens is 460 g/mol. The molecular formula is C17H26F3IN4O. The summed E-state index contributed by atoms with van der Waals surface area (Å²) in [5.41, 5.74) is 1.58. The van der Waals surface area contributed by atoms with E-state index in [1.807, 2.05) is 32.9 Å². The van der Waals surface area contributed by atoms with E-state index < -0.39 is 12.6 Å². The quantitative estimate of drug-likeness (QED) is 0.311. The van der Waals surface area contributed by atoms with Gasteiger partial charge in [-0.1, -0.05) is 26.0 Å². The molecule has 0 aliphatic heterocycles. The van der Waals surface area contributed by atoms with Gasteiger partial charge in [0.25, 0.3) is 0 Å². The number of carbonyl (C=O) groups excluding carboxylic acids is 1. The second-order valence-corrected chi connectivity index (χ2v) is 5.83. The summed E-state index contributed by atoms with van der Waals surface area (Å²) in [7, 11) is 0. The van der Waals surface area contributed by atoms with Gasteiger partial charge < -0.3 is 16.0 Å². The van der Waals surface area contributed by atoms with Crippen LogP contribution in [0.4, 0.5) is 18.9 Å². The Morgan fingerprint density at radius 2 is 1.77 bits per heavy atom. The summed E-state index contributed by atoms with van der Waals surface area (Å²) in [6.45, 7) is 6.11. The van der Waals surface area contributed by atoms with Gasteiger partial charge in [0.2, 0.25) is 5.91 Å². The van der Waals surface area contributed by atoms with Gasteiger partial charge in [-0.25, -0.2) is 4.99 Å². The fourth-order valence-electron chi connectivity index (χ4n) is 1.81. The second kappa shape index (κ2) is 12.0. The van der Waals surface area contributed by atoms with Crippen LogP contribution >= 0.6 is 24.0 Å². The van der Waals surface area contributed by atoms with Crippen molar-refractivity contribution in [3.05, 3.63) is 29.8 Å². The fraction of sp³-hybridized carbons (Fsp3) is 0.529. The van der Waals surface area contributed by atoms with E-state index >= 15 is 0 Å². The van der Waals surface area contributed by atoms with Crippen LogP contribution in [0, 0.1) is 5.92 Å². The third-order valence-corrected chi connectivity index (χ3v) is 3.21. The van der Waals surface area contributed by atoms with Crippen molar-refractivity contribution in [3.8, 4) is 0 Å². The number of carbonyl (C=O) groups is 1. The number of amides is 1. The van der Waals surface area contributed by atoms with Crippen molar-refractivity contribution >= 4 is 41.5 Å². The highest BCUT2D eigenvalue weighted by molar-refractivity contribution is 14.0. The molecule has 0 aliphatic rings. The van der Waals surface area contributed by atoms with Crippen molar-refractivity contribution in [1.29, 1.82) is 0 Å². The van der Waals surface area contributed by atoms with E-state index in [0.717, 1.165) is 5.56 Å². The molecule has 1 aromatic rings. The van der Waals surface area contributed by atoms with Crippen molar-refractivity contribution in [1.82, 2.24) is 10.6 Å². The molecule has 3 N–H and O–H groups in total. The Hall–Kier alpha value is -1.52. The molecule has 5 nitrogen and oxygen atoms in total. The van der Waals surface area contributed by atoms with E-state index in [4.69, 9.17) is 0 Å². The molecule has 1 aromatic carbocycles. The third-order valence-electron chi connectivity index (χ3n) is 3.21. The first-order chi connectivity index (χ1) is 11.7. The number of hydrogen-bond donors (Lipinski definition) is 3. The Balaban J connectivity index is 0.00000625. The normalized spacial score (nSPS) is 11.7. The Kier molecular flexibility index (Phi) is 11.3. The number of anilines is 1. The largest absolute Gasteiger partial charge is 0.390 e. The van der Waals surface area contributed by atoms with E-state index in [2.05, 4.69) is 20.9 Å². The maximum Gasteiger partial charge on any atom is 0.390 e. The number of aliphatic imine (C=N–C) groups is 1. The predicted molar refractivity (Wildman–Crippen MR) is 109 cm³/mol. The summed E-state index contributed by atoms with van der Waals surface area (Å²) in [5.74, 6) is 0.174. The summed E-state index contributed by atoms with van der Waals surface area (Å²) in [6, 6.07) is 7.18. The zero-order valence-electron chi connectivity index (χ0n) is 15.1. The maximum atomic E-state index is 12.2. The van der Waals surface area contributed by atoms with E-state index in [1.54, 1.807) is 12.1 Å². The molecule has 0 heterocycles. The number of halogens is 4. The van der Waals surface area contributed by atoms with E-state index in [9.17, 15) is 18.0 Å². The molecule has 0 radical (unpaired) electrons. The number of alkyl halides is 3. The van der Waals surface area contributed by atoms with E-state index in [1.165, 1.54) is 0 Å². The summed E-state index contributed by atoms with van der Waals surface area (Å²) < 4.78 is 36.6. The monoisotopic (exact) mass is 486 g/mol. The molecule has 0 bridgehead atoms. The smallest absolute Gasteiger partial charge is 0.357 e. The first-order valence-electron chi connectivity index (χ1n) is 8.20. The molecule has 0 spiro atoms. The fourth-order valence-corrected chi connectivity index (χ4v) is 1.81. The van der Waals surface area contributed by atoms with Gasteiger partial charge in [0.05, 0.1) is 13.0 Å². The Bertz CT molecular complexity index is 574. The van der Waals surface area contributed by atoms with Crippen molar-refractivity contribution in [2.45, 2.75) is 39.9 Å². The molecule has 0 aliphatic carbocycles. The molecule has 0 saturated carbocycles. The highest BCUT2D eigenvalue weighted by Crippen LogP contribution is 2.18. The number of nitrogens with one attached hydrogen (secondary N) is 3. The molecule has 1 amide bonds. The van der Waals surface area contributed by atoms with Crippen LogP contribution in [-0.4, -0.2) is 31.1 Å². The molecule has 0 aromatic heterocycles. The number of guanidine groups is 1. The third kappa shape index (κ3) is 10.5. The van der Waals surface area contributed by atoms with Gasteiger partial charge in [0.1, 0.15) is 0 Å². The van der Waals surface area contributed by atoms with Gasteiger partial charge in [-0.05, 0) is 24.6 Å². The van der Waals surface area contributed by atoms with Crippen LogP contribution in [0.25, 0.3) is 0 Å². The first kappa shape index (κ1) is 24.5. The van der Waals surface area contributed by atoms with Gasteiger partial charge in [0.15, 0.2) is 5.96 Å². The first-order valence-corrected chi connectivity index (χ1v) is 8.20. The topological polar surface area (TPSA) is 65.5 Å². The van der Waals surface area contributed by atoms with Crippen LogP contribution in [0.15, 0.2) is 29.3 Å². The molecule has 9 heteroatoms. The lowest BCUT2D eigenvalue weighted by Crippen LogP contribution is -2.38. The molecule has 26 heavy (non-hydrogen) atoms. The molecule has 0 atom stereocenters. The zero-order valence-corrected chi connectivity index (χ0v) is 17.4. The van der Waals surface area contributed by atoms with Crippen LogP contribution < -0.4 is 16.0 Å². The second-order valence-electron chi connectivity index (χ2n) is 5.83. The molecule has 148 valence electrons. The summed E-state index contributed by atoms with van der Waals surface area (Å²) in [6.07, 6.45) is -5.11. The van der Waals surface area contributed by atoms with Crippen molar-refractivity contribution in [2.24, 2.45) is 10.9 Å². The Morgan fingerprint density at radius 1 is 1.15 bits per heavy atom. The lowest BCUT2D eigenvalue weighted by Gasteiger charge is -2.12. The number of benzene rings is 1. The van der Waals surface area contributed by atoms with Crippen molar-refractivity contribution < 1.29 is 18.0 Å². The minimum absolute atomic E-state index is 0. The van der Waals surface area contributed by atoms with Crippen molar-refractivity contribution in [3.63, 3.8) is 0 Å². The van der Waals surface area contributed by atoms with Crippen molar-refractivity contribution in [2.75, 3.05) is 18.4 Å². The number of rotatable bonds is 7. The van der Waals surface area contributed by atoms with Crippen LogP contribution in [0.2, 0.25) is 0 Å². The van der Waals surface area contributed by atoms with E-state index in [0.29, 0.717) is 24.7 Å². The minimum Gasteiger partial charge on any atom is -0.357 e. The summed E-state index contributed by atoms with van der Waals surface area (Å²) in [4.78, 5) is 15.9. The Morgan fingerprint density at radius 3 is 2.27 bits per heavy atom. The van der Waals surface area contributed by atoms with Crippen LogP contribution in [0.5, 0.6) is 0 Å². The van der Waals surface area contributed by atoms with Gasteiger partial charge in [-0.3, -0.25) is 4.79 Å². The van der Waals surface area contributed by atoms with Crippen LogP contribution in [-0.2, 0) is 11.3 Å². The van der Waals surface area contributed by atoms with Gasteiger partial charge in [-0.15, -0.1) is 24.0 Å². The average molecular weight is 486 g/mol. The van der Waals surface area contributed by atoms with E-state index in [-0.39, 0.29) is 42.3 Å². The van der Waals surface area contributed by atoms with Gasteiger partial charge in [-0.2, -0.15) is 13.2 Å². The lowest BCUT2D eigenvalue weighted by atomic mass is 10.2. The highest BCUT2D eigenvalue weighted by atomic mass is 127. The summed E-state index contributed by atoms with van der Waals surface area (Å²) >= 11 is 0. The standard InChI is InChI=1S/C17H25F3N4O.HI/c1-4-21-16(22-10-9-17(18,19)20)23-11-13-5-7-14(8-6-13)24-15(25)12(2)3;/h5-8,12H,4,9-11H2,1-3H3,(H,24,25)(H2,21,22,23);1H. The number of hydrogen-bond acceptors (Lipinski definition) is 2. The average Bonchev–Trinajstić information content (AvgIpc) is 2.52. The predicted octanol–water partition coefficient (Wildman–Crippen LogP) is 3.91. The summed E-state index contributed by atoms with van der Waals surface area (Å²) in [5, 5.41) is 8.35.